The van der Waals surface area contributed by atoms with E-state index in [4.69, 9.17) is 5.11 Å². The van der Waals surface area contributed by atoms with Gasteiger partial charge in [0, 0.05) is 18.3 Å². The Morgan fingerprint density at radius 2 is 1.94 bits per heavy atom. The molecule has 2 N–H and O–H groups in total. The van der Waals surface area contributed by atoms with E-state index in [-0.39, 0.29) is 29.8 Å². The van der Waals surface area contributed by atoms with Crippen molar-refractivity contribution in [1.29, 1.82) is 0 Å². The second kappa shape index (κ2) is 8.09. The molecule has 0 bridgehead atoms. The van der Waals surface area contributed by atoms with Gasteiger partial charge in [0.2, 0.25) is 5.95 Å². The molecule has 4 rings (SSSR count). The van der Waals surface area contributed by atoms with Crippen molar-refractivity contribution in [2.75, 3.05) is 28.2 Å². The minimum absolute atomic E-state index is 0.0761. The van der Waals surface area contributed by atoms with Gasteiger partial charge in [-0.2, -0.15) is 13.8 Å². The van der Waals surface area contributed by atoms with Crippen LogP contribution < -0.4 is 15.1 Å². The van der Waals surface area contributed by atoms with E-state index in [1.54, 1.807) is 24.0 Å². The molecule has 0 saturated heterocycles. The summed E-state index contributed by atoms with van der Waals surface area (Å²) in [4.78, 5) is 34.9. The van der Waals surface area contributed by atoms with Gasteiger partial charge in [-0.25, -0.2) is 9.78 Å². The predicted molar refractivity (Wildman–Crippen MR) is 111 cm³/mol. The highest BCUT2D eigenvalue weighted by molar-refractivity contribution is 6.02. The number of aromatic nitrogens is 2. The molecule has 1 aromatic carbocycles. The Labute approximate surface area is 177 Å². The van der Waals surface area contributed by atoms with E-state index in [2.05, 4.69) is 15.3 Å². The highest BCUT2D eigenvalue weighted by atomic mass is 19.3. The first-order chi connectivity index (χ1) is 14.8. The minimum atomic E-state index is -3.53. The van der Waals surface area contributed by atoms with Gasteiger partial charge >= 0.3 is 11.9 Å². The Morgan fingerprint density at radius 3 is 2.55 bits per heavy atom. The zero-order chi connectivity index (χ0) is 22.2. The number of carbonyl (C=O) groups is 2. The number of hydrogen-bond acceptors (Lipinski definition) is 6. The van der Waals surface area contributed by atoms with Crippen LogP contribution in [-0.2, 0) is 4.79 Å². The number of carboxylic acids is 1. The van der Waals surface area contributed by atoms with Crippen LogP contribution in [0.4, 0.5) is 31.9 Å². The van der Waals surface area contributed by atoms with E-state index in [0.29, 0.717) is 11.5 Å². The standard InChI is InChI=1S/C21H23F2N5O3/c1-2-27-16-11-24-20(25-14-9-7-13(8-10-14)18(29)30)26-17(16)28(15-5-3-4-6-15)12-21(22,23)19(27)31/h7-11,15H,2-6,12H2,1H3,(H,29,30)(H,24,25,26). The zero-order valence-corrected chi connectivity index (χ0v) is 17.0. The zero-order valence-electron chi connectivity index (χ0n) is 17.0. The summed E-state index contributed by atoms with van der Waals surface area (Å²) in [7, 11) is 0. The topological polar surface area (TPSA) is 98.7 Å². The number of fused-ring (bicyclic) bond motifs is 1. The summed E-state index contributed by atoms with van der Waals surface area (Å²) in [6, 6.07) is 5.91. The number of benzene rings is 1. The molecule has 1 aliphatic carbocycles. The van der Waals surface area contributed by atoms with E-state index in [1.807, 2.05) is 0 Å². The SMILES string of the molecule is CCN1C(=O)C(F)(F)CN(C2CCCC2)c2nc(Nc3ccc(C(=O)O)cc3)ncc21. The van der Waals surface area contributed by atoms with Gasteiger partial charge in [-0.15, -0.1) is 0 Å². The van der Waals surface area contributed by atoms with Crippen molar-refractivity contribution in [2.24, 2.45) is 0 Å². The lowest BCUT2D eigenvalue weighted by atomic mass is 10.2. The van der Waals surface area contributed by atoms with E-state index in [0.717, 1.165) is 30.6 Å². The minimum Gasteiger partial charge on any atom is -0.478 e. The maximum absolute atomic E-state index is 14.8. The van der Waals surface area contributed by atoms with Crippen LogP contribution in [0.2, 0.25) is 0 Å². The summed E-state index contributed by atoms with van der Waals surface area (Å²) in [5.74, 6) is -5.33. The number of nitrogens with one attached hydrogen (secondary N) is 1. The largest absolute Gasteiger partial charge is 0.478 e. The fourth-order valence-corrected chi connectivity index (χ4v) is 4.15. The van der Waals surface area contributed by atoms with Crippen molar-refractivity contribution in [3.63, 3.8) is 0 Å². The molecule has 2 aliphatic rings. The Bertz CT molecular complexity index is 993. The van der Waals surface area contributed by atoms with Crippen molar-refractivity contribution in [3.8, 4) is 0 Å². The smallest absolute Gasteiger partial charge is 0.342 e. The molecule has 1 saturated carbocycles. The van der Waals surface area contributed by atoms with Crippen molar-refractivity contribution < 1.29 is 23.5 Å². The van der Waals surface area contributed by atoms with Crippen LogP contribution in [0.25, 0.3) is 0 Å². The monoisotopic (exact) mass is 431 g/mol. The van der Waals surface area contributed by atoms with E-state index in [9.17, 15) is 18.4 Å². The molecule has 0 unspecified atom stereocenters. The number of anilines is 4. The Hall–Kier alpha value is -3.30. The summed E-state index contributed by atoms with van der Waals surface area (Å²) in [5, 5.41) is 12.0. The van der Waals surface area contributed by atoms with Gasteiger partial charge in [0.1, 0.15) is 5.69 Å². The van der Waals surface area contributed by atoms with Crippen molar-refractivity contribution >= 4 is 35.0 Å². The van der Waals surface area contributed by atoms with Crippen molar-refractivity contribution in [1.82, 2.24) is 9.97 Å². The number of carboxylic acid groups (broad SMARTS) is 1. The highest BCUT2D eigenvalue weighted by Crippen LogP contribution is 2.40. The second-order valence-electron chi connectivity index (χ2n) is 7.73. The van der Waals surface area contributed by atoms with Crippen LogP contribution in [-0.4, -0.2) is 52.0 Å². The first-order valence-electron chi connectivity index (χ1n) is 10.2. The summed E-state index contributed by atoms with van der Waals surface area (Å²) >= 11 is 0. The summed E-state index contributed by atoms with van der Waals surface area (Å²) < 4.78 is 29.5. The fourth-order valence-electron chi connectivity index (χ4n) is 4.15. The van der Waals surface area contributed by atoms with Crippen LogP contribution in [0.1, 0.15) is 43.0 Å². The second-order valence-corrected chi connectivity index (χ2v) is 7.73. The molecule has 10 heteroatoms. The number of amides is 1. The van der Waals surface area contributed by atoms with Crippen molar-refractivity contribution in [2.45, 2.75) is 44.6 Å². The first-order valence-corrected chi connectivity index (χ1v) is 10.2. The Kier molecular flexibility index (Phi) is 5.47. The predicted octanol–water partition coefficient (Wildman–Crippen LogP) is 3.67. The number of aromatic carboxylic acids is 1. The van der Waals surface area contributed by atoms with Crippen LogP contribution in [0.5, 0.6) is 0 Å². The summed E-state index contributed by atoms with van der Waals surface area (Å²) in [5.41, 5.74) is 0.961. The third-order valence-corrected chi connectivity index (χ3v) is 5.71. The molecule has 0 spiro atoms. The average molecular weight is 431 g/mol. The van der Waals surface area contributed by atoms with E-state index >= 15 is 0 Å². The molecule has 2 aromatic rings. The molecule has 2 heterocycles. The van der Waals surface area contributed by atoms with Crippen molar-refractivity contribution in [3.05, 3.63) is 36.0 Å². The van der Waals surface area contributed by atoms with Gasteiger partial charge < -0.3 is 20.2 Å². The lowest BCUT2D eigenvalue weighted by molar-refractivity contribution is -0.140. The van der Waals surface area contributed by atoms with Gasteiger partial charge in [0.05, 0.1) is 18.3 Å². The number of carbonyl (C=O) groups excluding carboxylic acids is 1. The molecule has 8 nitrogen and oxygen atoms in total. The average Bonchev–Trinajstić information content (AvgIpc) is 3.26. The molecule has 164 valence electrons. The maximum Gasteiger partial charge on any atom is 0.342 e. The quantitative estimate of drug-likeness (QED) is 0.745. The molecule has 1 fully saturated rings. The van der Waals surface area contributed by atoms with Crippen LogP contribution >= 0.6 is 0 Å². The molecular weight excluding hydrogens is 408 g/mol. The number of alkyl halides is 2. The van der Waals surface area contributed by atoms with Gasteiger partial charge in [-0.1, -0.05) is 12.8 Å². The maximum atomic E-state index is 14.8. The number of rotatable bonds is 5. The Balaban J connectivity index is 1.72. The Morgan fingerprint density at radius 1 is 1.26 bits per heavy atom. The van der Waals surface area contributed by atoms with Gasteiger partial charge in [-0.3, -0.25) is 4.79 Å². The molecule has 0 radical (unpaired) electrons. The van der Waals surface area contributed by atoms with Gasteiger partial charge in [-0.05, 0) is 44.0 Å². The van der Waals surface area contributed by atoms with Gasteiger partial charge in [0.25, 0.3) is 5.91 Å². The summed E-state index contributed by atoms with van der Waals surface area (Å²) in [6.07, 6.45) is 4.80. The molecule has 0 atom stereocenters. The first kappa shape index (κ1) is 21.0. The lowest BCUT2D eigenvalue weighted by Crippen LogP contribution is -2.49. The molecule has 1 amide bonds. The fraction of sp³-hybridized carbons (Fsp3) is 0.429. The normalized spacial score (nSPS) is 18.6. The highest BCUT2D eigenvalue weighted by Gasteiger charge is 2.49. The lowest BCUT2D eigenvalue weighted by Gasteiger charge is -2.31. The molecule has 1 aromatic heterocycles. The molecular formula is C21H23F2N5O3. The van der Waals surface area contributed by atoms with E-state index in [1.165, 1.54) is 18.3 Å². The summed E-state index contributed by atoms with van der Waals surface area (Å²) in [6.45, 7) is 0.996. The van der Waals surface area contributed by atoms with Crippen LogP contribution in [0.3, 0.4) is 0 Å². The molecule has 31 heavy (non-hydrogen) atoms. The van der Waals surface area contributed by atoms with Crippen LogP contribution in [0, 0.1) is 0 Å². The number of hydrogen-bond donors (Lipinski definition) is 2. The molecule has 1 aliphatic heterocycles. The third kappa shape index (κ3) is 4.01. The number of nitrogens with zero attached hydrogens (tertiary/aromatic N) is 4. The van der Waals surface area contributed by atoms with Crippen LogP contribution in [0.15, 0.2) is 30.5 Å². The van der Waals surface area contributed by atoms with Gasteiger partial charge in [0.15, 0.2) is 5.82 Å². The third-order valence-electron chi connectivity index (χ3n) is 5.71. The van der Waals surface area contributed by atoms with E-state index < -0.39 is 24.3 Å². The number of halogens is 2.